The van der Waals surface area contributed by atoms with E-state index >= 15 is 0 Å². The van der Waals surface area contributed by atoms with Gasteiger partial charge in [-0.3, -0.25) is 9.59 Å². The number of hydrogen-bond donors (Lipinski definition) is 1. The second kappa shape index (κ2) is 6.59. The van der Waals surface area contributed by atoms with Crippen molar-refractivity contribution in [2.24, 2.45) is 0 Å². The van der Waals surface area contributed by atoms with Crippen LogP contribution in [-0.2, 0) is 9.59 Å². The summed E-state index contributed by atoms with van der Waals surface area (Å²) in [4.78, 5) is 26.8. The van der Waals surface area contributed by atoms with Crippen LogP contribution in [0.25, 0.3) is 0 Å². The van der Waals surface area contributed by atoms with Gasteiger partial charge >= 0.3 is 0 Å². The molecule has 0 bridgehead atoms. The first-order valence-electron chi connectivity index (χ1n) is 6.26. The third-order valence-electron chi connectivity index (χ3n) is 2.92. The molecule has 0 spiro atoms. The zero-order valence-corrected chi connectivity index (χ0v) is 11.0. The maximum Gasteiger partial charge on any atom is 0.242 e. The summed E-state index contributed by atoms with van der Waals surface area (Å²) in [5.74, 6) is 0.0224. The van der Waals surface area contributed by atoms with Crippen LogP contribution in [-0.4, -0.2) is 60.9 Å². The summed E-state index contributed by atoms with van der Waals surface area (Å²) in [6, 6.07) is 0.279. The zero-order valence-electron chi connectivity index (χ0n) is 11.0. The maximum atomic E-state index is 11.8. The summed E-state index contributed by atoms with van der Waals surface area (Å²) < 4.78 is 0. The van der Waals surface area contributed by atoms with Gasteiger partial charge in [-0.25, -0.2) is 0 Å². The molecular formula is C12H23N3O2. The van der Waals surface area contributed by atoms with Crippen molar-refractivity contribution in [3.05, 3.63) is 0 Å². The van der Waals surface area contributed by atoms with E-state index in [0.29, 0.717) is 6.54 Å². The number of nitrogens with zero attached hydrogens (tertiary/aromatic N) is 2. The lowest BCUT2D eigenvalue weighted by Crippen LogP contribution is -2.43. The predicted molar refractivity (Wildman–Crippen MR) is 66.6 cm³/mol. The Morgan fingerprint density at radius 3 is 2.41 bits per heavy atom. The minimum absolute atomic E-state index is 0.0359. The van der Waals surface area contributed by atoms with E-state index in [0.717, 1.165) is 25.9 Å². The average molecular weight is 241 g/mol. The molecule has 0 aromatic rings. The lowest BCUT2D eigenvalue weighted by atomic mass is 10.3. The van der Waals surface area contributed by atoms with Crippen molar-refractivity contribution in [3.63, 3.8) is 0 Å². The van der Waals surface area contributed by atoms with Gasteiger partial charge in [0.15, 0.2) is 0 Å². The van der Waals surface area contributed by atoms with Gasteiger partial charge in [0, 0.05) is 26.2 Å². The van der Waals surface area contributed by atoms with Crippen molar-refractivity contribution in [3.8, 4) is 0 Å². The summed E-state index contributed by atoms with van der Waals surface area (Å²) in [7, 11) is 1.68. The Bertz CT molecular complexity index is 273. The quantitative estimate of drug-likeness (QED) is 0.741. The molecule has 0 aliphatic carbocycles. The SMILES string of the molecule is CC(C)NCC(=O)N(C)CC(=O)N1CCCC1. The third kappa shape index (κ3) is 4.73. The number of amides is 2. The minimum Gasteiger partial charge on any atom is -0.341 e. The molecule has 1 N–H and O–H groups in total. The molecule has 1 heterocycles. The largest absolute Gasteiger partial charge is 0.341 e. The van der Waals surface area contributed by atoms with Gasteiger partial charge in [-0.2, -0.15) is 0 Å². The molecule has 5 nitrogen and oxygen atoms in total. The Morgan fingerprint density at radius 1 is 1.29 bits per heavy atom. The smallest absolute Gasteiger partial charge is 0.242 e. The van der Waals surface area contributed by atoms with Crippen LogP contribution in [0.4, 0.5) is 0 Å². The lowest BCUT2D eigenvalue weighted by Gasteiger charge is -2.21. The number of nitrogens with one attached hydrogen (secondary N) is 1. The van der Waals surface area contributed by atoms with Crippen LogP contribution in [0, 0.1) is 0 Å². The van der Waals surface area contributed by atoms with Gasteiger partial charge in [-0.1, -0.05) is 13.8 Å². The van der Waals surface area contributed by atoms with Crippen molar-refractivity contribution >= 4 is 11.8 Å². The molecule has 17 heavy (non-hydrogen) atoms. The summed E-state index contributed by atoms with van der Waals surface area (Å²) >= 11 is 0. The fraction of sp³-hybridized carbons (Fsp3) is 0.833. The van der Waals surface area contributed by atoms with Crippen LogP contribution in [0.2, 0.25) is 0 Å². The van der Waals surface area contributed by atoms with Crippen LogP contribution < -0.4 is 5.32 Å². The van der Waals surface area contributed by atoms with Crippen molar-refractivity contribution < 1.29 is 9.59 Å². The van der Waals surface area contributed by atoms with E-state index in [9.17, 15) is 9.59 Å². The van der Waals surface area contributed by atoms with Gasteiger partial charge in [0.2, 0.25) is 11.8 Å². The highest BCUT2D eigenvalue weighted by atomic mass is 16.2. The Balaban J connectivity index is 2.29. The fourth-order valence-corrected chi connectivity index (χ4v) is 1.78. The molecule has 0 aromatic carbocycles. The van der Waals surface area contributed by atoms with Crippen LogP contribution in [0.15, 0.2) is 0 Å². The number of likely N-dealkylation sites (N-methyl/N-ethyl adjacent to an activating group) is 1. The highest BCUT2D eigenvalue weighted by Gasteiger charge is 2.20. The monoisotopic (exact) mass is 241 g/mol. The molecule has 98 valence electrons. The van der Waals surface area contributed by atoms with Crippen molar-refractivity contribution in [1.29, 1.82) is 0 Å². The van der Waals surface area contributed by atoms with E-state index in [2.05, 4.69) is 5.32 Å². The number of carbonyl (C=O) groups is 2. The first kappa shape index (κ1) is 14.0. The standard InChI is InChI=1S/C12H23N3O2/c1-10(2)13-8-11(16)14(3)9-12(17)15-6-4-5-7-15/h10,13H,4-9H2,1-3H3. The fourth-order valence-electron chi connectivity index (χ4n) is 1.78. The van der Waals surface area contributed by atoms with E-state index in [1.165, 1.54) is 4.90 Å². The molecule has 1 aliphatic rings. The van der Waals surface area contributed by atoms with Gasteiger partial charge in [-0.15, -0.1) is 0 Å². The summed E-state index contributed by atoms with van der Waals surface area (Å²) in [6.45, 7) is 6.14. The van der Waals surface area contributed by atoms with Crippen molar-refractivity contribution in [2.75, 3.05) is 33.2 Å². The predicted octanol–water partition coefficient (Wildman–Crippen LogP) is 0.0652. The molecule has 1 saturated heterocycles. The minimum atomic E-state index is -0.0359. The number of likely N-dealkylation sites (tertiary alicyclic amines) is 1. The van der Waals surface area contributed by atoms with Gasteiger partial charge in [0.1, 0.15) is 0 Å². The molecule has 5 heteroatoms. The molecular weight excluding hydrogens is 218 g/mol. The summed E-state index contributed by atoms with van der Waals surface area (Å²) in [5.41, 5.74) is 0. The lowest BCUT2D eigenvalue weighted by molar-refractivity contribution is -0.138. The van der Waals surface area contributed by atoms with Crippen LogP contribution in [0.5, 0.6) is 0 Å². The molecule has 1 aliphatic heterocycles. The van der Waals surface area contributed by atoms with E-state index in [-0.39, 0.29) is 24.4 Å². The number of rotatable bonds is 5. The average Bonchev–Trinajstić information content (AvgIpc) is 2.78. The second-order valence-electron chi connectivity index (χ2n) is 4.87. The summed E-state index contributed by atoms with van der Waals surface area (Å²) in [5, 5.41) is 3.05. The molecule has 0 unspecified atom stereocenters. The topological polar surface area (TPSA) is 52.7 Å². The molecule has 0 saturated carbocycles. The molecule has 0 radical (unpaired) electrons. The van der Waals surface area contributed by atoms with E-state index < -0.39 is 0 Å². The van der Waals surface area contributed by atoms with Gasteiger partial charge in [0.05, 0.1) is 13.1 Å². The molecule has 2 amide bonds. The van der Waals surface area contributed by atoms with E-state index in [1.54, 1.807) is 7.05 Å². The second-order valence-corrected chi connectivity index (χ2v) is 4.87. The van der Waals surface area contributed by atoms with Crippen LogP contribution in [0.1, 0.15) is 26.7 Å². The van der Waals surface area contributed by atoms with Crippen LogP contribution in [0.3, 0.4) is 0 Å². The van der Waals surface area contributed by atoms with Gasteiger partial charge < -0.3 is 15.1 Å². The first-order valence-corrected chi connectivity index (χ1v) is 6.26. The van der Waals surface area contributed by atoms with Crippen LogP contribution >= 0.6 is 0 Å². The highest BCUT2D eigenvalue weighted by molar-refractivity contribution is 5.85. The molecule has 0 aromatic heterocycles. The maximum absolute atomic E-state index is 11.8. The van der Waals surface area contributed by atoms with Gasteiger partial charge in [-0.05, 0) is 12.8 Å². The number of carbonyl (C=O) groups excluding carboxylic acids is 2. The Labute approximate surface area is 103 Å². The molecule has 1 fully saturated rings. The third-order valence-corrected chi connectivity index (χ3v) is 2.92. The Morgan fingerprint density at radius 2 is 1.88 bits per heavy atom. The Kier molecular flexibility index (Phi) is 5.41. The summed E-state index contributed by atoms with van der Waals surface area (Å²) in [6.07, 6.45) is 2.16. The number of hydrogen-bond acceptors (Lipinski definition) is 3. The Hall–Kier alpha value is -1.10. The van der Waals surface area contributed by atoms with E-state index in [4.69, 9.17) is 0 Å². The van der Waals surface area contributed by atoms with E-state index in [1.807, 2.05) is 18.7 Å². The van der Waals surface area contributed by atoms with Gasteiger partial charge in [0.25, 0.3) is 0 Å². The highest BCUT2D eigenvalue weighted by Crippen LogP contribution is 2.07. The zero-order chi connectivity index (χ0) is 12.8. The van der Waals surface area contributed by atoms with Crippen molar-refractivity contribution in [1.82, 2.24) is 15.1 Å². The van der Waals surface area contributed by atoms with Crippen molar-refractivity contribution in [2.45, 2.75) is 32.7 Å². The first-order chi connectivity index (χ1) is 8.00. The normalized spacial score (nSPS) is 15.4. The molecule has 0 atom stereocenters. The molecule has 1 rings (SSSR count).